The number of nitrogens with zero attached hydrogens (tertiary/aromatic N) is 3. The first-order chi connectivity index (χ1) is 13.9. The molecule has 3 aromatic heterocycles. The Balaban J connectivity index is 0.000000343. The fourth-order valence-corrected chi connectivity index (χ4v) is 3.20. The van der Waals surface area contributed by atoms with Crippen LogP contribution in [0.4, 0.5) is 14.6 Å². The van der Waals surface area contributed by atoms with E-state index in [0.717, 1.165) is 18.3 Å². The van der Waals surface area contributed by atoms with E-state index in [0.29, 0.717) is 16.6 Å². The Morgan fingerprint density at radius 2 is 2.03 bits per heavy atom. The maximum atomic E-state index is 13.7. The van der Waals surface area contributed by atoms with Crippen LogP contribution in [0.5, 0.6) is 0 Å². The number of nitrogens with one attached hydrogen (secondary N) is 2. The summed E-state index contributed by atoms with van der Waals surface area (Å²) in [6.45, 7) is 2.36. The number of pyridine rings is 1. The molecule has 1 saturated carbocycles. The molecule has 0 amide bonds. The standard InChI is InChI=1S/C14H11F2N5O2.C6H12/c15-7-3-8-9(5-19-12(8)18-4-7)13-20-6-10(16)14(21-13)17-2-1-11(22)23;1-6-4-2-3-5-6/h3-6H,1-2H2,(H,18,19)(H,22,23)(H,17,20,21);6H,2-5H2,1H3. The third-order valence-corrected chi connectivity index (χ3v) is 4.76. The Morgan fingerprint density at radius 3 is 2.69 bits per heavy atom. The Morgan fingerprint density at radius 1 is 1.28 bits per heavy atom. The molecular weight excluding hydrogens is 380 g/mol. The zero-order valence-corrected chi connectivity index (χ0v) is 16.1. The molecule has 0 radical (unpaired) electrons. The van der Waals surface area contributed by atoms with Crippen molar-refractivity contribution in [2.45, 2.75) is 39.0 Å². The minimum Gasteiger partial charge on any atom is -0.481 e. The van der Waals surface area contributed by atoms with Crippen molar-refractivity contribution in [1.29, 1.82) is 0 Å². The molecule has 3 heterocycles. The first kappa shape index (κ1) is 20.6. The van der Waals surface area contributed by atoms with Crippen LogP contribution in [0.3, 0.4) is 0 Å². The van der Waals surface area contributed by atoms with E-state index in [-0.39, 0.29) is 24.6 Å². The number of anilines is 1. The minimum atomic E-state index is -1.01. The van der Waals surface area contributed by atoms with Gasteiger partial charge in [0.05, 0.1) is 18.8 Å². The topological polar surface area (TPSA) is 104 Å². The molecular formula is C20H23F2N5O2. The molecule has 9 heteroatoms. The summed E-state index contributed by atoms with van der Waals surface area (Å²) >= 11 is 0. The van der Waals surface area contributed by atoms with Crippen LogP contribution in [0.25, 0.3) is 22.4 Å². The monoisotopic (exact) mass is 403 g/mol. The number of rotatable bonds is 5. The second-order valence-electron chi connectivity index (χ2n) is 7.10. The predicted molar refractivity (Wildman–Crippen MR) is 105 cm³/mol. The molecule has 0 atom stereocenters. The third-order valence-electron chi connectivity index (χ3n) is 4.76. The van der Waals surface area contributed by atoms with Crippen LogP contribution in [0, 0.1) is 17.6 Å². The number of H-pyrrole nitrogens is 1. The number of aliphatic carboxylic acids is 1. The van der Waals surface area contributed by atoms with Crippen molar-refractivity contribution in [3.05, 3.63) is 36.3 Å². The zero-order valence-electron chi connectivity index (χ0n) is 16.1. The van der Waals surface area contributed by atoms with Crippen LogP contribution in [0.15, 0.2) is 24.7 Å². The summed E-state index contributed by atoms with van der Waals surface area (Å²) in [5.41, 5.74) is 0.919. The molecule has 3 N–H and O–H groups in total. The fourth-order valence-electron chi connectivity index (χ4n) is 3.20. The summed E-state index contributed by atoms with van der Waals surface area (Å²) in [5.74, 6) is -1.13. The van der Waals surface area contributed by atoms with Gasteiger partial charge in [0.25, 0.3) is 0 Å². The van der Waals surface area contributed by atoms with E-state index < -0.39 is 17.6 Å². The summed E-state index contributed by atoms with van der Waals surface area (Å²) in [6.07, 6.45) is 9.36. The molecule has 154 valence electrons. The quantitative estimate of drug-likeness (QED) is 0.584. The molecule has 0 aliphatic heterocycles. The van der Waals surface area contributed by atoms with E-state index in [2.05, 4.69) is 32.2 Å². The number of aromatic amines is 1. The largest absolute Gasteiger partial charge is 0.481 e. The summed E-state index contributed by atoms with van der Waals surface area (Å²) in [7, 11) is 0. The smallest absolute Gasteiger partial charge is 0.305 e. The van der Waals surface area contributed by atoms with Crippen LogP contribution in [0.2, 0.25) is 0 Å². The lowest BCUT2D eigenvalue weighted by atomic mass is 10.2. The van der Waals surface area contributed by atoms with E-state index >= 15 is 0 Å². The van der Waals surface area contributed by atoms with Gasteiger partial charge in [0.1, 0.15) is 11.5 Å². The van der Waals surface area contributed by atoms with Crippen LogP contribution in [-0.4, -0.2) is 37.6 Å². The Bertz CT molecular complexity index is 986. The highest BCUT2D eigenvalue weighted by atomic mass is 19.1. The van der Waals surface area contributed by atoms with Crippen molar-refractivity contribution >= 4 is 22.8 Å². The van der Waals surface area contributed by atoms with Crippen molar-refractivity contribution in [1.82, 2.24) is 19.9 Å². The summed E-state index contributed by atoms with van der Waals surface area (Å²) in [4.78, 5) is 25.2. The van der Waals surface area contributed by atoms with Gasteiger partial charge in [-0.2, -0.15) is 0 Å². The van der Waals surface area contributed by atoms with Gasteiger partial charge in [-0.1, -0.05) is 32.6 Å². The van der Waals surface area contributed by atoms with Crippen LogP contribution in [-0.2, 0) is 4.79 Å². The maximum Gasteiger partial charge on any atom is 0.305 e. The molecule has 0 saturated heterocycles. The molecule has 0 unspecified atom stereocenters. The SMILES string of the molecule is CC1CCCC1.O=C(O)CCNc1nc(-c2c[nH]c3ncc(F)cc23)ncc1F. The van der Waals surface area contributed by atoms with Crippen molar-refractivity contribution in [2.75, 3.05) is 11.9 Å². The van der Waals surface area contributed by atoms with E-state index in [1.807, 2.05) is 0 Å². The normalized spacial score (nSPS) is 13.9. The molecule has 1 aliphatic carbocycles. The lowest BCUT2D eigenvalue weighted by Gasteiger charge is -2.06. The molecule has 0 bridgehead atoms. The highest BCUT2D eigenvalue weighted by Gasteiger charge is 2.14. The average molecular weight is 403 g/mol. The van der Waals surface area contributed by atoms with Gasteiger partial charge in [-0.3, -0.25) is 4.79 Å². The molecule has 3 aromatic rings. The molecule has 4 rings (SSSR count). The number of fused-ring (bicyclic) bond motifs is 1. The number of halogens is 2. The van der Waals surface area contributed by atoms with Crippen molar-refractivity contribution in [2.24, 2.45) is 5.92 Å². The summed E-state index contributed by atoms with van der Waals surface area (Å²) in [5, 5.41) is 11.7. The van der Waals surface area contributed by atoms with Crippen molar-refractivity contribution in [3.63, 3.8) is 0 Å². The van der Waals surface area contributed by atoms with Gasteiger partial charge < -0.3 is 15.4 Å². The molecule has 1 fully saturated rings. The first-order valence-electron chi connectivity index (χ1n) is 9.55. The Kier molecular flexibility index (Phi) is 6.69. The van der Waals surface area contributed by atoms with Gasteiger partial charge in [-0.05, 0) is 12.0 Å². The lowest BCUT2D eigenvalue weighted by molar-refractivity contribution is -0.136. The van der Waals surface area contributed by atoms with E-state index in [4.69, 9.17) is 5.11 Å². The Labute approximate surface area is 166 Å². The van der Waals surface area contributed by atoms with Gasteiger partial charge in [0.2, 0.25) is 0 Å². The molecule has 29 heavy (non-hydrogen) atoms. The second kappa shape index (κ2) is 9.40. The van der Waals surface area contributed by atoms with E-state index in [1.165, 1.54) is 31.7 Å². The summed E-state index contributed by atoms with van der Waals surface area (Å²) in [6, 6.07) is 1.28. The van der Waals surface area contributed by atoms with E-state index in [9.17, 15) is 13.6 Å². The van der Waals surface area contributed by atoms with Crippen LogP contribution < -0.4 is 5.32 Å². The van der Waals surface area contributed by atoms with E-state index in [1.54, 1.807) is 6.20 Å². The van der Waals surface area contributed by atoms with Crippen LogP contribution >= 0.6 is 0 Å². The second-order valence-corrected chi connectivity index (χ2v) is 7.10. The van der Waals surface area contributed by atoms with Gasteiger partial charge in [-0.15, -0.1) is 0 Å². The maximum absolute atomic E-state index is 13.7. The third kappa shape index (κ3) is 5.46. The number of hydrogen-bond acceptors (Lipinski definition) is 5. The number of carbonyl (C=O) groups is 1. The number of carboxylic acid groups (broad SMARTS) is 1. The first-order valence-corrected chi connectivity index (χ1v) is 9.55. The number of carboxylic acids is 1. The van der Waals surface area contributed by atoms with Gasteiger partial charge >= 0.3 is 5.97 Å². The zero-order chi connectivity index (χ0) is 20.8. The molecule has 7 nitrogen and oxygen atoms in total. The minimum absolute atomic E-state index is 0.0206. The molecule has 1 aliphatic rings. The van der Waals surface area contributed by atoms with Crippen molar-refractivity contribution < 1.29 is 18.7 Å². The van der Waals surface area contributed by atoms with Gasteiger partial charge in [-0.25, -0.2) is 23.7 Å². The molecule has 0 aromatic carbocycles. The Hall–Kier alpha value is -3.10. The van der Waals surface area contributed by atoms with Crippen LogP contribution in [0.1, 0.15) is 39.0 Å². The predicted octanol–water partition coefficient (Wildman–Crippen LogP) is 4.38. The highest BCUT2D eigenvalue weighted by Crippen LogP contribution is 2.26. The van der Waals surface area contributed by atoms with Gasteiger partial charge in [0, 0.05) is 23.7 Å². The van der Waals surface area contributed by atoms with Gasteiger partial charge in [0.15, 0.2) is 17.5 Å². The highest BCUT2D eigenvalue weighted by molar-refractivity contribution is 5.91. The number of aromatic nitrogens is 4. The average Bonchev–Trinajstić information content (AvgIpc) is 3.32. The summed E-state index contributed by atoms with van der Waals surface area (Å²) < 4.78 is 27.0. The molecule has 0 spiro atoms. The lowest BCUT2D eigenvalue weighted by Crippen LogP contribution is -2.10. The number of hydrogen-bond donors (Lipinski definition) is 3. The van der Waals surface area contributed by atoms with Crippen molar-refractivity contribution in [3.8, 4) is 11.4 Å². The fraction of sp³-hybridized carbons (Fsp3) is 0.400.